The van der Waals surface area contributed by atoms with Crippen LogP contribution in [0.15, 0.2) is 34.8 Å². The van der Waals surface area contributed by atoms with Gasteiger partial charge in [-0.25, -0.2) is 0 Å². The molecule has 1 aromatic rings. The lowest BCUT2D eigenvalue weighted by molar-refractivity contribution is -0.137. The van der Waals surface area contributed by atoms with E-state index < -0.39 is 5.97 Å². The highest BCUT2D eigenvalue weighted by Gasteiger charge is 2.32. The molecule has 6 nitrogen and oxygen atoms in total. The number of carboxylic acid groups (broad SMARTS) is 1. The molecule has 1 aromatic carbocycles. The predicted molar refractivity (Wildman–Crippen MR) is 103 cm³/mol. The molecule has 0 aliphatic carbocycles. The van der Waals surface area contributed by atoms with Gasteiger partial charge in [0, 0.05) is 24.6 Å². The van der Waals surface area contributed by atoms with Gasteiger partial charge >= 0.3 is 5.97 Å². The molecule has 0 radical (unpaired) electrons. The maximum Gasteiger partial charge on any atom is 0.303 e. The molecular formula is C18H17NO5S2. The Morgan fingerprint density at radius 1 is 1.50 bits per heavy atom. The zero-order chi connectivity index (χ0) is 18.7. The van der Waals surface area contributed by atoms with Gasteiger partial charge < -0.3 is 14.6 Å². The van der Waals surface area contributed by atoms with Crippen LogP contribution in [0, 0.1) is 0 Å². The summed E-state index contributed by atoms with van der Waals surface area (Å²) in [5.74, 6) is 0.392. The van der Waals surface area contributed by atoms with Gasteiger partial charge in [0.15, 0.2) is 0 Å². The van der Waals surface area contributed by atoms with Crippen molar-refractivity contribution in [1.29, 1.82) is 0 Å². The van der Waals surface area contributed by atoms with E-state index in [0.29, 0.717) is 28.8 Å². The lowest BCUT2D eigenvalue weighted by atomic mass is 10.1. The molecule has 1 saturated heterocycles. The number of hydrogen-bond acceptors (Lipinski definition) is 6. The average Bonchev–Trinajstić information content (AvgIpc) is 2.88. The highest BCUT2D eigenvalue weighted by Crippen LogP contribution is 2.35. The minimum atomic E-state index is -0.884. The number of methoxy groups -OCH3 is 1. The van der Waals surface area contributed by atoms with Crippen molar-refractivity contribution in [3.63, 3.8) is 0 Å². The standard InChI is InChI=1S/C18H17NO5S2/c1-23-13-5-4-12-7-11(10-24-14(12)9-13)8-15-17(22)19(18(25)26-15)6-2-3-16(20)21/h4-5,7-9H,2-3,6,10H2,1H3,(H,20,21)/b15-8-. The van der Waals surface area contributed by atoms with E-state index in [1.165, 1.54) is 16.7 Å². The fourth-order valence-electron chi connectivity index (χ4n) is 2.62. The van der Waals surface area contributed by atoms with Crippen LogP contribution in [0.5, 0.6) is 11.5 Å². The Hall–Kier alpha value is -2.32. The molecule has 0 spiro atoms. The summed E-state index contributed by atoms with van der Waals surface area (Å²) in [6, 6.07) is 5.58. The number of carbonyl (C=O) groups excluding carboxylic acids is 1. The van der Waals surface area contributed by atoms with Crippen molar-refractivity contribution in [1.82, 2.24) is 4.90 Å². The Kier molecular flexibility index (Phi) is 5.63. The molecule has 0 aromatic heterocycles. The van der Waals surface area contributed by atoms with Crippen molar-refractivity contribution in [2.45, 2.75) is 12.8 Å². The largest absolute Gasteiger partial charge is 0.497 e. The van der Waals surface area contributed by atoms with Gasteiger partial charge in [0.25, 0.3) is 5.91 Å². The monoisotopic (exact) mass is 391 g/mol. The van der Waals surface area contributed by atoms with E-state index in [1.54, 1.807) is 13.2 Å². The quantitative estimate of drug-likeness (QED) is 0.590. The number of amides is 1. The summed E-state index contributed by atoms with van der Waals surface area (Å²) >= 11 is 6.47. The van der Waals surface area contributed by atoms with Crippen molar-refractivity contribution in [3.8, 4) is 11.5 Å². The second kappa shape index (κ2) is 7.92. The van der Waals surface area contributed by atoms with Crippen LogP contribution in [0.1, 0.15) is 18.4 Å². The number of benzene rings is 1. The number of hydrogen-bond donors (Lipinski definition) is 1. The molecule has 1 amide bonds. The number of fused-ring (bicyclic) bond motifs is 1. The molecular weight excluding hydrogens is 374 g/mol. The van der Waals surface area contributed by atoms with Crippen molar-refractivity contribution in [2.75, 3.05) is 20.3 Å². The number of ether oxygens (including phenoxy) is 2. The third-order valence-electron chi connectivity index (χ3n) is 3.92. The summed E-state index contributed by atoms with van der Waals surface area (Å²) in [6.45, 7) is 0.662. The molecule has 26 heavy (non-hydrogen) atoms. The zero-order valence-electron chi connectivity index (χ0n) is 14.1. The number of aliphatic carboxylic acids is 1. The topological polar surface area (TPSA) is 76.1 Å². The molecule has 2 aliphatic rings. The Morgan fingerprint density at radius 3 is 3.04 bits per heavy atom. The van der Waals surface area contributed by atoms with Gasteiger partial charge in [-0.3, -0.25) is 14.5 Å². The molecule has 2 heterocycles. The van der Waals surface area contributed by atoms with Crippen LogP contribution in [0.25, 0.3) is 6.08 Å². The fourth-order valence-corrected chi connectivity index (χ4v) is 3.95. The number of carboxylic acids is 1. The van der Waals surface area contributed by atoms with E-state index in [9.17, 15) is 9.59 Å². The van der Waals surface area contributed by atoms with Crippen molar-refractivity contribution in [3.05, 3.63) is 40.3 Å². The van der Waals surface area contributed by atoms with E-state index in [0.717, 1.165) is 22.6 Å². The van der Waals surface area contributed by atoms with Crippen LogP contribution in [0.3, 0.4) is 0 Å². The van der Waals surface area contributed by atoms with Crippen molar-refractivity contribution < 1.29 is 24.2 Å². The van der Waals surface area contributed by atoms with Gasteiger partial charge in [0.05, 0.1) is 12.0 Å². The van der Waals surface area contributed by atoms with Gasteiger partial charge in [-0.1, -0.05) is 24.0 Å². The first kappa shape index (κ1) is 18.5. The zero-order valence-corrected chi connectivity index (χ0v) is 15.7. The SMILES string of the molecule is COc1ccc2c(c1)OCC(/C=C1\SC(=S)N(CCCC(=O)O)C1=O)=C2. The van der Waals surface area contributed by atoms with Crippen LogP contribution in [0.2, 0.25) is 0 Å². The van der Waals surface area contributed by atoms with Gasteiger partial charge in [-0.15, -0.1) is 0 Å². The number of thiocarbonyl (C=S) groups is 1. The fraction of sp³-hybridized carbons (Fsp3) is 0.278. The van der Waals surface area contributed by atoms with Crippen LogP contribution in [-0.4, -0.2) is 46.5 Å². The van der Waals surface area contributed by atoms with E-state index in [4.69, 9.17) is 26.8 Å². The minimum Gasteiger partial charge on any atom is -0.497 e. The van der Waals surface area contributed by atoms with Crippen LogP contribution in [-0.2, 0) is 9.59 Å². The Bertz CT molecular complexity index is 831. The molecule has 8 heteroatoms. The van der Waals surface area contributed by atoms with Gasteiger partial charge in [-0.2, -0.15) is 0 Å². The second-order valence-corrected chi connectivity index (χ2v) is 7.42. The molecule has 136 valence electrons. The minimum absolute atomic E-state index is 0.00927. The number of nitrogens with zero attached hydrogens (tertiary/aromatic N) is 1. The Labute approximate surface area is 160 Å². The van der Waals surface area contributed by atoms with Crippen molar-refractivity contribution >= 4 is 46.3 Å². The first-order valence-corrected chi connectivity index (χ1v) is 9.19. The molecule has 0 bridgehead atoms. The maximum atomic E-state index is 12.5. The molecule has 0 atom stereocenters. The highest BCUT2D eigenvalue weighted by atomic mass is 32.2. The van der Waals surface area contributed by atoms with E-state index in [-0.39, 0.29) is 12.3 Å². The van der Waals surface area contributed by atoms with E-state index in [1.807, 2.05) is 24.3 Å². The first-order chi connectivity index (χ1) is 12.5. The maximum absolute atomic E-state index is 12.5. The smallest absolute Gasteiger partial charge is 0.303 e. The molecule has 1 N–H and O–H groups in total. The second-order valence-electron chi connectivity index (χ2n) is 5.74. The first-order valence-electron chi connectivity index (χ1n) is 7.96. The molecule has 3 rings (SSSR count). The predicted octanol–water partition coefficient (Wildman–Crippen LogP) is 3.08. The number of rotatable bonds is 6. The van der Waals surface area contributed by atoms with E-state index >= 15 is 0 Å². The van der Waals surface area contributed by atoms with E-state index in [2.05, 4.69) is 0 Å². The van der Waals surface area contributed by atoms with Crippen LogP contribution in [0.4, 0.5) is 0 Å². The third kappa shape index (κ3) is 4.08. The Morgan fingerprint density at radius 2 is 2.31 bits per heavy atom. The number of carbonyl (C=O) groups is 2. The summed E-state index contributed by atoms with van der Waals surface area (Å²) in [5, 5.41) is 8.72. The summed E-state index contributed by atoms with van der Waals surface area (Å²) in [5.41, 5.74) is 1.79. The van der Waals surface area contributed by atoms with Crippen molar-refractivity contribution in [2.24, 2.45) is 0 Å². The third-order valence-corrected chi connectivity index (χ3v) is 5.30. The summed E-state index contributed by atoms with van der Waals surface area (Å²) in [4.78, 5) is 25.1. The number of thioether (sulfide) groups is 1. The average molecular weight is 391 g/mol. The lowest BCUT2D eigenvalue weighted by Crippen LogP contribution is -2.29. The van der Waals surface area contributed by atoms with Gasteiger partial charge in [0.1, 0.15) is 22.4 Å². The lowest BCUT2D eigenvalue weighted by Gasteiger charge is -2.17. The molecule has 0 unspecified atom stereocenters. The normalized spacial score (nSPS) is 17.8. The molecule has 0 saturated carbocycles. The summed E-state index contributed by atoms with van der Waals surface area (Å²) in [7, 11) is 1.60. The highest BCUT2D eigenvalue weighted by molar-refractivity contribution is 8.26. The Balaban J connectivity index is 1.73. The van der Waals surface area contributed by atoms with Crippen LogP contribution < -0.4 is 9.47 Å². The molecule has 2 aliphatic heterocycles. The van der Waals surface area contributed by atoms with Gasteiger partial charge in [-0.05, 0) is 36.3 Å². The van der Waals surface area contributed by atoms with Gasteiger partial charge in [0.2, 0.25) is 0 Å². The summed E-state index contributed by atoms with van der Waals surface area (Å²) in [6.07, 6.45) is 4.13. The molecule has 1 fully saturated rings. The summed E-state index contributed by atoms with van der Waals surface area (Å²) < 4.78 is 11.4. The van der Waals surface area contributed by atoms with Crippen LogP contribution >= 0.6 is 24.0 Å².